The van der Waals surface area contributed by atoms with Gasteiger partial charge in [0.15, 0.2) is 0 Å². The van der Waals surface area contributed by atoms with Gasteiger partial charge < -0.3 is 29.3 Å². The third-order valence-electron chi connectivity index (χ3n) is 8.69. The lowest BCUT2D eigenvalue weighted by molar-refractivity contribution is -0.142. The fraction of sp³-hybridized carbons (Fsp3) is 0.562. The number of methoxy groups -OCH3 is 1. The Hall–Kier alpha value is -3.72. The number of hydrogen-bond acceptors (Lipinski definition) is 11. The molecule has 3 aliphatic heterocycles. The summed E-state index contributed by atoms with van der Waals surface area (Å²) in [5, 5.41) is 12.8. The number of fused-ring (bicyclic) bond motifs is 1. The van der Waals surface area contributed by atoms with E-state index in [2.05, 4.69) is 58.1 Å². The van der Waals surface area contributed by atoms with Crippen molar-refractivity contribution in [2.24, 2.45) is 0 Å². The van der Waals surface area contributed by atoms with Crippen molar-refractivity contribution in [2.45, 2.75) is 57.8 Å². The van der Waals surface area contributed by atoms with Crippen molar-refractivity contribution in [2.75, 3.05) is 69.9 Å². The zero-order chi connectivity index (χ0) is 30.3. The highest BCUT2D eigenvalue weighted by Crippen LogP contribution is 2.33. The highest BCUT2D eigenvalue weighted by molar-refractivity contribution is 5.82. The van der Waals surface area contributed by atoms with E-state index in [1.54, 1.807) is 13.2 Å². The first kappa shape index (κ1) is 30.7. The molecule has 0 radical (unpaired) electrons. The molecule has 11 heteroatoms. The van der Waals surface area contributed by atoms with Crippen LogP contribution in [0.4, 0.5) is 11.5 Å². The van der Waals surface area contributed by atoms with E-state index in [1.165, 1.54) is 22.9 Å². The molecule has 2 aromatic rings. The van der Waals surface area contributed by atoms with Crippen LogP contribution in [0.1, 0.15) is 35.2 Å². The Morgan fingerprint density at radius 1 is 1.21 bits per heavy atom. The number of esters is 1. The summed E-state index contributed by atoms with van der Waals surface area (Å²) in [7, 11) is 3.59. The molecule has 0 amide bonds. The van der Waals surface area contributed by atoms with Crippen LogP contribution in [0.5, 0.6) is 6.01 Å². The standard InChI is InChI=1S/C32H43N7O4/c1-22-7-5-8-29(23(22)2)38-14-11-27-28(20-38)35-32(36-31(27)39-15-13-34-24(18-39)10-12-33)42-21-25-17-26(19-37(25)3)43-30(40)9-6-16-41-4/h5-9,24-26,34H,10-11,13-21H2,1-4H3/b9-6+/t24-,25-,26?/m0/s1. The lowest BCUT2D eigenvalue weighted by Crippen LogP contribution is -2.51. The number of benzene rings is 1. The minimum atomic E-state index is -0.362. The molecule has 1 N–H and O–H groups in total. The highest BCUT2D eigenvalue weighted by Gasteiger charge is 2.33. The van der Waals surface area contributed by atoms with Crippen LogP contribution in [0, 0.1) is 25.2 Å². The predicted octanol–water partition coefficient (Wildman–Crippen LogP) is 2.55. The monoisotopic (exact) mass is 589 g/mol. The number of nitrogens with one attached hydrogen (secondary N) is 1. The lowest BCUT2D eigenvalue weighted by Gasteiger charge is -2.37. The van der Waals surface area contributed by atoms with Gasteiger partial charge in [-0.1, -0.05) is 18.2 Å². The van der Waals surface area contributed by atoms with Gasteiger partial charge in [-0.3, -0.25) is 4.90 Å². The minimum Gasteiger partial charge on any atom is -0.462 e. The molecule has 230 valence electrons. The number of carbonyl (C=O) groups is 1. The van der Waals surface area contributed by atoms with Crippen LogP contribution < -0.4 is 19.9 Å². The van der Waals surface area contributed by atoms with Crippen LogP contribution in [-0.2, 0) is 27.2 Å². The Labute approximate surface area is 254 Å². The van der Waals surface area contributed by atoms with E-state index in [1.807, 2.05) is 7.05 Å². The maximum atomic E-state index is 12.2. The molecular weight excluding hydrogens is 546 g/mol. The lowest BCUT2D eigenvalue weighted by atomic mass is 10.0. The quantitative estimate of drug-likeness (QED) is 0.326. The molecule has 1 aromatic heterocycles. The van der Waals surface area contributed by atoms with Gasteiger partial charge >= 0.3 is 12.0 Å². The molecule has 2 saturated heterocycles. The number of ether oxygens (including phenoxy) is 3. The SMILES string of the molecule is COC/C=C/C(=O)OC1C[C@@H](COc2nc3c(c(N4CCN[C@@H](CC#N)C4)n2)CCN(c2cccc(C)c2C)C3)N(C)C1. The molecule has 0 aliphatic carbocycles. The number of nitriles is 1. The number of carbonyl (C=O) groups excluding carboxylic acids is 1. The molecule has 0 bridgehead atoms. The largest absolute Gasteiger partial charge is 0.462 e. The van der Waals surface area contributed by atoms with Gasteiger partial charge in [-0.05, 0) is 44.5 Å². The summed E-state index contributed by atoms with van der Waals surface area (Å²) in [4.78, 5) is 28.9. The summed E-state index contributed by atoms with van der Waals surface area (Å²) in [6.07, 6.45) is 4.82. The van der Waals surface area contributed by atoms with Crippen molar-refractivity contribution in [1.82, 2.24) is 20.2 Å². The minimum absolute atomic E-state index is 0.0643. The fourth-order valence-corrected chi connectivity index (χ4v) is 6.19. The van der Waals surface area contributed by atoms with Crippen LogP contribution >= 0.6 is 0 Å². The van der Waals surface area contributed by atoms with Crippen molar-refractivity contribution in [3.05, 3.63) is 52.7 Å². The second-order valence-electron chi connectivity index (χ2n) is 11.7. The normalized spacial score (nSPS) is 22.4. The number of hydrogen-bond donors (Lipinski definition) is 1. The van der Waals surface area contributed by atoms with Crippen LogP contribution in [0.2, 0.25) is 0 Å². The van der Waals surface area contributed by atoms with Gasteiger partial charge in [-0.2, -0.15) is 15.2 Å². The average molecular weight is 590 g/mol. The first-order valence-electron chi connectivity index (χ1n) is 15.1. The third kappa shape index (κ3) is 7.44. The summed E-state index contributed by atoms with van der Waals surface area (Å²) in [6, 6.07) is 9.27. The molecule has 0 saturated carbocycles. The zero-order valence-electron chi connectivity index (χ0n) is 25.7. The number of piperazine rings is 1. The summed E-state index contributed by atoms with van der Waals surface area (Å²) >= 11 is 0. The molecular formula is C32H43N7O4. The number of aryl methyl sites for hydroxylation is 1. The van der Waals surface area contributed by atoms with Crippen molar-refractivity contribution in [3.63, 3.8) is 0 Å². The Balaban J connectivity index is 1.34. The Morgan fingerprint density at radius 2 is 2.07 bits per heavy atom. The van der Waals surface area contributed by atoms with Gasteiger partial charge in [0.2, 0.25) is 0 Å². The summed E-state index contributed by atoms with van der Waals surface area (Å²) in [5.41, 5.74) is 5.94. The van der Waals surface area contributed by atoms with Crippen molar-refractivity contribution >= 4 is 17.5 Å². The molecule has 5 rings (SSSR count). The van der Waals surface area contributed by atoms with Gasteiger partial charge in [-0.25, -0.2) is 4.79 Å². The molecule has 1 unspecified atom stereocenters. The first-order valence-corrected chi connectivity index (χ1v) is 15.1. The van der Waals surface area contributed by atoms with E-state index in [0.717, 1.165) is 43.1 Å². The molecule has 2 fully saturated rings. The van der Waals surface area contributed by atoms with E-state index < -0.39 is 0 Å². The zero-order valence-corrected chi connectivity index (χ0v) is 25.7. The molecule has 0 spiro atoms. The topological polar surface area (TPSA) is 116 Å². The Bertz CT molecular complexity index is 1360. The van der Waals surface area contributed by atoms with Crippen molar-refractivity contribution in [1.29, 1.82) is 5.26 Å². The second-order valence-corrected chi connectivity index (χ2v) is 11.7. The first-order chi connectivity index (χ1) is 20.9. The Morgan fingerprint density at radius 3 is 2.88 bits per heavy atom. The van der Waals surface area contributed by atoms with Gasteiger partial charge in [0.25, 0.3) is 0 Å². The maximum absolute atomic E-state index is 12.2. The number of likely N-dealkylation sites (tertiary alicyclic amines) is 1. The second kappa shape index (κ2) is 14.2. The van der Waals surface area contributed by atoms with E-state index in [-0.39, 0.29) is 24.2 Å². The van der Waals surface area contributed by atoms with E-state index in [0.29, 0.717) is 51.7 Å². The van der Waals surface area contributed by atoms with Gasteiger partial charge in [0.05, 0.1) is 31.3 Å². The summed E-state index contributed by atoms with van der Waals surface area (Å²) < 4.78 is 16.9. The van der Waals surface area contributed by atoms with Crippen LogP contribution in [0.3, 0.4) is 0 Å². The molecule has 43 heavy (non-hydrogen) atoms. The summed E-state index contributed by atoms with van der Waals surface area (Å²) in [5.74, 6) is 0.554. The van der Waals surface area contributed by atoms with Crippen molar-refractivity contribution < 1.29 is 19.0 Å². The molecule has 3 aliphatic rings. The maximum Gasteiger partial charge on any atom is 0.330 e. The van der Waals surface area contributed by atoms with E-state index >= 15 is 0 Å². The third-order valence-corrected chi connectivity index (χ3v) is 8.69. The number of aromatic nitrogens is 2. The average Bonchev–Trinajstić information content (AvgIpc) is 3.35. The van der Waals surface area contributed by atoms with E-state index in [4.69, 9.17) is 24.2 Å². The number of anilines is 2. The summed E-state index contributed by atoms with van der Waals surface area (Å²) in [6.45, 7) is 9.60. The van der Waals surface area contributed by atoms with Gasteiger partial charge in [0.1, 0.15) is 18.5 Å². The molecule has 1 aromatic carbocycles. The van der Waals surface area contributed by atoms with Gasteiger partial charge in [0, 0.05) is 75.7 Å². The van der Waals surface area contributed by atoms with Crippen LogP contribution in [0.15, 0.2) is 30.4 Å². The highest BCUT2D eigenvalue weighted by atomic mass is 16.5. The smallest absolute Gasteiger partial charge is 0.330 e. The Kier molecular flexibility index (Phi) is 10.1. The van der Waals surface area contributed by atoms with Gasteiger partial charge in [-0.15, -0.1) is 0 Å². The number of rotatable bonds is 10. The fourth-order valence-electron chi connectivity index (χ4n) is 6.19. The van der Waals surface area contributed by atoms with Crippen LogP contribution in [0.25, 0.3) is 0 Å². The molecule has 11 nitrogen and oxygen atoms in total. The molecule has 3 atom stereocenters. The van der Waals surface area contributed by atoms with Crippen LogP contribution in [-0.4, -0.2) is 99.1 Å². The molecule has 4 heterocycles. The number of likely N-dealkylation sites (N-methyl/N-ethyl adjacent to an activating group) is 1. The number of nitrogens with zero attached hydrogens (tertiary/aromatic N) is 6. The predicted molar refractivity (Wildman–Crippen MR) is 164 cm³/mol. The van der Waals surface area contributed by atoms with E-state index in [9.17, 15) is 10.1 Å². The van der Waals surface area contributed by atoms with Crippen molar-refractivity contribution in [3.8, 4) is 12.1 Å².